The van der Waals surface area contributed by atoms with Crippen molar-refractivity contribution in [2.45, 2.75) is 47.1 Å². The van der Waals surface area contributed by atoms with Crippen LogP contribution in [0.1, 0.15) is 37.5 Å². The molecule has 1 N–H and O–H groups in total. The van der Waals surface area contributed by atoms with Crippen LogP contribution >= 0.6 is 0 Å². The van der Waals surface area contributed by atoms with E-state index in [-0.39, 0.29) is 6.10 Å². The van der Waals surface area contributed by atoms with Crippen LogP contribution in [-0.2, 0) is 6.42 Å². The van der Waals surface area contributed by atoms with Crippen molar-refractivity contribution < 1.29 is 9.84 Å². The summed E-state index contributed by atoms with van der Waals surface area (Å²) < 4.78 is 5.71. The first-order valence-electron chi connectivity index (χ1n) is 5.46. The first-order valence-corrected chi connectivity index (χ1v) is 5.46. The van der Waals surface area contributed by atoms with Gasteiger partial charge in [0.1, 0.15) is 11.5 Å². The van der Waals surface area contributed by atoms with E-state index in [1.165, 1.54) is 0 Å². The van der Waals surface area contributed by atoms with E-state index in [1.807, 2.05) is 40.7 Å². The second-order valence-electron chi connectivity index (χ2n) is 4.16. The van der Waals surface area contributed by atoms with E-state index in [0.717, 1.165) is 28.9 Å². The zero-order chi connectivity index (χ0) is 11.6. The number of hydrogen-bond donors (Lipinski definition) is 1. The molecule has 0 aromatic heterocycles. The highest BCUT2D eigenvalue weighted by Gasteiger charge is 2.12. The molecule has 0 bridgehead atoms. The topological polar surface area (TPSA) is 29.5 Å². The molecule has 0 aliphatic rings. The summed E-state index contributed by atoms with van der Waals surface area (Å²) in [7, 11) is 0. The van der Waals surface area contributed by atoms with Crippen LogP contribution in [0.5, 0.6) is 11.5 Å². The number of phenols is 1. The van der Waals surface area contributed by atoms with Crippen LogP contribution in [0, 0.1) is 13.8 Å². The fourth-order valence-corrected chi connectivity index (χ4v) is 1.75. The lowest BCUT2D eigenvalue weighted by molar-refractivity contribution is 0.240. The Bertz CT molecular complexity index is 354. The molecule has 0 heterocycles. The minimum absolute atomic E-state index is 0.164. The lowest BCUT2D eigenvalue weighted by atomic mass is 10.0. The molecule has 1 rings (SSSR count). The van der Waals surface area contributed by atoms with E-state index in [9.17, 15) is 5.11 Å². The standard InChI is InChI=1S/C13H20O2/c1-6-11-10(5)12(15-8(2)3)7-9(4)13(11)14/h7-8,14H,6H2,1-5H3. The summed E-state index contributed by atoms with van der Waals surface area (Å²) in [4.78, 5) is 0. The zero-order valence-electron chi connectivity index (χ0n) is 10.2. The maximum Gasteiger partial charge on any atom is 0.123 e. The Balaban J connectivity index is 3.24. The Labute approximate surface area is 91.9 Å². The van der Waals surface area contributed by atoms with Crippen LogP contribution < -0.4 is 4.74 Å². The molecule has 0 saturated carbocycles. The third-order valence-corrected chi connectivity index (χ3v) is 2.55. The Kier molecular flexibility index (Phi) is 3.61. The summed E-state index contributed by atoms with van der Waals surface area (Å²) in [5, 5.41) is 9.88. The SMILES string of the molecule is CCc1c(C)c(OC(C)C)cc(C)c1O. The molecule has 0 fully saturated rings. The van der Waals surface area contributed by atoms with Gasteiger partial charge in [-0.3, -0.25) is 0 Å². The maximum absolute atomic E-state index is 9.88. The molecule has 0 aliphatic heterocycles. The molecule has 1 aromatic rings. The predicted octanol–water partition coefficient (Wildman–Crippen LogP) is 3.36. The molecule has 0 spiro atoms. The van der Waals surface area contributed by atoms with Gasteiger partial charge in [-0.05, 0) is 51.3 Å². The first-order chi connectivity index (χ1) is 6.97. The Morgan fingerprint density at radius 1 is 1.33 bits per heavy atom. The van der Waals surface area contributed by atoms with Crippen LogP contribution in [0.15, 0.2) is 6.07 Å². The van der Waals surface area contributed by atoms with Crippen molar-refractivity contribution in [3.63, 3.8) is 0 Å². The summed E-state index contributed by atoms with van der Waals surface area (Å²) in [5.74, 6) is 1.29. The lowest BCUT2D eigenvalue weighted by Gasteiger charge is -2.17. The number of rotatable bonds is 3. The zero-order valence-corrected chi connectivity index (χ0v) is 10.2. The van der Waals surface area contributed by atoms with Crippen molar-refractivity contribution in [3.8, 4) is 11.5 Å². The minimum atomic E-state index is 0.164. The molecule has 0 aliphatic carbocycles. The van der Waals surface area contributed by atoms with Gasteiger partial charge in [-0.15, -0.1) is 0 Å². The van der Waals surface area contributed by atoms with Crippen molar-refractivity contribution in [1.82, 2.24) is 0 Å². The third-order valence-electron chi connectivity index (χ3n) is 2.55. The fraction of sp³-hybridized carbons (Fsp3) is 0.538. The van der Waals surface area contributed by atoms with Crippen LogP contribution in [0.25, 0.3) is 0 Å². The normalized spacial score (nSPS) is 10.8. The number of phenolic OH excluding ortho intramolecular Hbond substituents is 1. The average Bonchev–Trinajstić information content (AvgIpc) is 2.14. The average molecular weight is 208 g/mol. The molecular weight excluding hydrogens is 188 g/mol. The molecule has 1 aromatic carbocycles. The van der Waals surface area contributed by atoms with Crippen LogP contribution in [0.3, 0.4) is 0 Å². The van der Waals surface area contributed by atoms with Gasteiger partial charge in [0.05, 0.1) is 6.10 Å². The van der Waals surface area contributed by atoms with Crippen molar-refractivity contribution in [2.75, 3.05) is 0 Å². The van der Waals surface area contributed by atoms with E-state index in [4.69, 9.17) is 4.74 Å². The van der Waals surface area contributed by atoms with Crippen molar-refractivity contribution >= 4 is 0 Å². The monoisotopic (exact) mass is 208 g/mol. The van der Waals surface area contributed by atoms with E-state index in [2.05, 4.69) is 0 Å². The molecule has 0 amide bonds. The van der Waals surface area contributed by atoms with Crippen molar-refractivity contribution in [3.05, 3.63) is 22.8 Å². The Hall–Kier alpha value is -1.18. The van der Waals surface area contributed by atoms with Gasteiger partial charge in [0, 0.05) is 5.56 Å². The number of aromatic hydroxyl groups is 1. The van der Waals surface area contributed by atoms with Crippen molar-refractivity contribution in [2.24, 2.45) is 0 Å². The highest BCUT2D eigenvalue weighted by Crippen LogP contribution is 2.33. The number of benzene rings is 1. The molecule has 0 unspecified atom stereocenters. The number of aryl methyl sites for hydroxylation is 1. The van der Waals surface area contributed by atoms with Crippen LogP contribution in [0.4, 0.5) is 0 Å². The first kappa shape index (κ1) is 11.9. The Morgan fingerprint density at radius 3 is 2.40 bits per heavy atom. The van der Waals surface area contributed by atoms with E-state index in [0.29, 0.717) is 5.75 Å². The summed E-state index contributed by atoms with van der Waals surface area (Å²) in [5.41, 5.74) is 2.92. The molecule has 84 valence electrons. The second-order valence-corrected chi connectivity index (χ2v) is 4.16. The van der Waals surface area contributed by atoms with Gasteiger partial charge in [-0.2, -0.15) is 0 Å². The van der Waals surface area contributed by atoms with Gasteiger partial charge in [-0.25, -0.2) is 0 Å². The number of ether oxygens (including phenoxy) is 1. The minimum Gasteiger partial charge on any atom is -0.507 e. The van der Waals surface area contributed by atoms with Crippen LogP contribution in [-0.4, -0.2) is 11.2 Å². The largest absolute Gasteiger partial charge is 0.507 e. The maximum atomic E-state index is 9.88. The smallest absolute Gasteiger partial charge is 0.123 e. The fourth-order valence-electron chi connectivity index (χ4n) is 1.75. The second kappa shape index (κ2) is 4.56. The van der Waals surface area contributed by atoms with Gasteiger partial charge in [0.2, 0.25) is 0 Å². The summed E-state index contributed by atoms with van der Waals surface area (Å²) in [6, 6.07) is 1.91. The van der Waals surface area contributed by atoms with E-state index in [1.54, 1.807) is 0 Å². The van der Waals surface area contributed by atoms with Crippen molar-refractivity contribution in [1.29, 1.82) is 0 Å². The Morgan fingerprint density at radius 2 is 1.93 bits per heavy atom. The molecular formula is C13H20O2. The van der Waals surface area contributed by atoms with Gasteiger partial charge in [0.25, 0.3) is 0 Å². The lowest BCUT2D eigenvalue weighted by Crippen LogP contribution is -2.08. The summed E-state index contributed by atoms with van der Waals surface area (Å²) in [6.07, 6.45) is 0.991. The molecule has 2 nitrogen and oxygen atoms in total. The number of hydrogen-bond acceptors (Lipinski definition) is 2. The van der Waals surface area contributed by atoms with E-state index < -0.39 is 0 Å². The predicted molar refractivity (Wildman–Crippen MR) is 62.7 cm³/mol. The highest BCUT2D eigenvalue weighted by molar-refractivity contribution is 5.52. The van der Waals surface area contributed by atoms with E-state index >= 15 is 0 Å². The molecule has 15 heavy (non-hydrogen) atoms. The molecule has 0 radical (unpaired) electrons. The molecule has 2 heteroatoms. The van der Waals surface area contributed by atoms with Gasteiger partial charge < -0.3 is 9.84 Å². The van der Waals surface area contributed by atoms with Gasteiger partial charge in [-0.1, -0.05) is 6.92 Å². The highest BCUT2D eigenvalue weighted by atomic mass is 16.5. The van der Waals surface area contributed by atoms with Gasteiger partial charge in [0.15, 0.2) is 0 Å². The van der Waals surface area contributed by atoms with Gasteiger partial charge >= 0.3 is 0 Å². The quantitative estimate of drug-likeness (QED) is 0.825. The molecule has 0 atom stereocenters. The molecule has 0 saturated heterocycles. The van der Waals surface area contributed by atoms with Crippen LogP contribution in [0.2, 0.25) is 0 Å². The summed E-state index contributed by atoms with van der Waals surface area (Å²) >= 11 is 0. The third kappa shape index (κ3) is 2.44. The summed E-state index contributed by atoms with van der Waals surface area (Å²) in [6.45, 7) is 9.96.